The minimum Gasteiger partial charge on any atom is -0.484 e. The molecule has 0 bridgehead atoms. The van der Waals surface area contributed by atoms with Crippen molar-refractivity contribution in [1.29, 1.82) is 0 Å². The van der Waals surface area contributed by atoms with Crippen molar-refractivity contribution in [1.82, 2.24) is 29.6 Å². The molecule has 0 radical (unpaired) electrons. The molecule has 5 rings (SSSR count). The second kappa shape index (κ2) is 10.4. The summed E-state index contributed by atoms with van der Waals surface area (Å²) in [6.07, 6.45) is 8.96. The van der Waals surface area contributed by atoms with Gasteiger partial charge in [-0.05, 0) is 48.4 Å². The molecule has 0 aliphatic carbocycles. The van der Waals surface area contributed by atoms with Crippen LogP contribution in [-0.4, -0.2) is 49.2 Å². The van der Waals surface area contributed by atoms with Crippen LogP contribution in [0.3, 0.4) is 0 Å². The number of amides is 1. The van der Waals surface area contributed by atoms with Crippen molar-refractivity contribution in [2.75, 3.05) is 19.0 Å². The van der Waals surface area contributed by atoms with Crippen molar-refractivity contribution < 1.29 is 9.53 Å². The number of ether oxygens (including phenoxy) is 1. The van der Waals surface area contributed by atoms with Gasteiger partial charge in [-0.3, -0.25) is 14.5 Å². The summed E-state index contributed by atoms with van der Waals surface area (Å²) < 4.78 is 7.68. The van der Waals surface area contributed by atoms with Crippen LogP contribution in [0.25, 0.3) is 22.0 Å². The number of aromatic nitrogens is 5. The Morgan fingerprint density at radius 3 is 2.76 bits per heavy atom. The van der Waals surface area contributed by atoms with E-state index in [0.29, 0.717) is 18.2 Å². The Morgan fingerprint density at radius 1 is 1.08 bits per heavy atom. The van der Waals surface area contributed by atoms with Gasteiger partial charge in [-0.2, -0.15) is 5.10 Å². The molecule has 0 atom stereocenters. The summed E-state index contributed by atoms with van der Waals surface area (Å²) in [6, 6.07) is 15.5. The third-order valence-corrected chi connectivity index (χ3v) is 5.87. The number of hydrogen-bond donors (Lipinski definition) is 1. The van der Waals surface area contributed by atoms with Gasteiger partial charge < -0.3 is 15.0 Å². The number of likely N-dealkylation sites (N-methyl/N-ethyl adjacent to an activating group) is 1. The van der Waals surface area contributed by atoms with E-state index in [1.807, 2.05) is 62.6 Å². The van der Waals surface area contributed by atoms with Gasteiger partial charge >= 0.3 is 0 Å². The summed E-state index contributed by atoms with van der Waals surface area (Å²) in [7, 11) is 3.61. The van der Waals surface area contributed by atoms with Gasteiger partial charge in [-0.25, -0.2) is 9.97 Å². The van der Waals surface area contributed by atoms with Crippen LogP contribution in [0, 0.1) is 6.92 Å². The molecule has 0 saturated carbocycles. The first-order chi connectivity index (χ1) is 17.9. The van der Waals surface area contributed by atoms with Crippen LogP contribution < -0.4 is 10.1 Å². The van der Waals surface area contributed by atoms with E-state index in [0.717, 1.165) is 38.8 Å². The minimum atomic E-state index is -0.140. The Balaban J connectivity index is 1.36. The third kappa shape index (κ3) is 5.90. The normalized spacial score (nSPS) is 10.9. The zero-order chi connectivity index (χ0) is 25.8. The summed E-state index contributed by atoms with van der Waals surface area (Å²) in [4.78, 5) is 27.6. The fourth-order valence-corrected chi connectivity index (χ4v) is 3.94. The van der Waals surface area contributed by atoms with Crippen molar-refractivity contribution in [3.63, 3.8) is 0 Å². The number of hydrogen-bond acceptors (Lipinski definition) is 7. The van der Waals surface area contributed by atoms with E-state index in [4.69, 9.17) is 4.74 Å². The van der Waals surface area contributed by atoms with Crippen LogP contribution in [0.5, 0.6) is 5.75 Å². The maximum absolute atomic E-state index is 12.7. The molecule has 0 aliphatic rings. The number of nitrogens with one attached hydrogen (secondary N) is 1. The molecular formula is C28H27N7O2. The molecule has 0 unspecified atom stereocenters. The van der Waals surface area contributed by atoms with Crippen molar-refractivity contribution in [3.8, 4) is 16.9 Å². The lowest BCUT2D eigenvalue weighted by Crippen LogP contribution is -2.31. The van der Waals surface area contributed by atoms with Crippen LogP contribution in [0.2, 0.25) is 0 Å². The van der Waals surface area contributed by atoms with Gasteiger partial charge in [0.1, 0.15) is 5.75 Å². The van der Waals surface area contributed by atoms with Crippen molar-refractivity contribution in [2.45, 2.75) is 13.5 Å². The van der Waals surface area contributed by atoms with Gasteiger partial charge in [0.05, 0.1) is 11.7 Å². The average Bonchev–Trinajstić information content (AvgIpc) is 3.34. The molecule has 9 heteroatoms. The quantitative estimate of drug-likeness (QED) is 0.339. The molecule has 0 fully saturated rings. The summed E-state index contributed by atoms with van der Waals surface area (Å²) in [5, 5.41) is 8.54. The molecule has 37 heavy (non-hydrogen) atoms. The maximum atomic E-state index is 12.7. The molecule has 9 nitrogen and oxygen atoms in total. The zero-order valence-corrected chi connectivity index (χ0v) is 20.9. The fraction of sp³-hybridized carbons (Fsp3) is 0.179. The second-order valence-electron chi connectivity index (χ2n) is 8.93. The summed E-state index contributed by atoms with van der Waals surface area (Å²) in [5.74, 6) is 0.875. The Bertz CT molecular complexity index is 1550. The SMILES string of the molecule is Cc1ccc2nc(Nc3cc(OCC(=O)N(C)Cc4cccnc4)cc(-c4cnn(C)c4)c3)ncc2c1. The number of nitrogens with zero attached hydrogens (tertiary/aromatic N) is 6. The van der Waals surface area contributed by atoms with Crippen molar-refractivity contribution in [3.05, 3.63) is 90.6 Å². The molecule has 3 heterocycles. The van der Waals surface area contributed by atoms with E-state index in [2.05, 4.69) is 31.4 Å². The predicted octanol–water partition coefficient (Wildman–Crippen LogP) is 4.51. The molecule has 0 saturated heterocycles. The van der Waals surface area contributed by atoms with Crippen LogP contribution in [-0.2, 0) is 18.4 Å². The highest BCUT2D eigenvalue weighted by molar-refractivity contribution is 5.80. The lowest BCUT2D eigenvalue weighted by Gasteiger charge is -2.18. The van der Waals surface area contributed by atoms with Crippen LogP contribution in [0.1, 0.15) is 11.1 Å². The van der Waals surface area contributed by atoms with E-state index < -0.39 is 0 Å². The fourth-order valence-electron chi connectivity index (χ4n) is 3.94. The van der Waals surface area contributed by atoms with Crippen LogP contribution in [0.15, 0.2) is 79.5 Å². The monoisotopic (exact) mass is 493 g/mol. The van der Waals surface area contributed by atoms with Crippen LogP contribution in [0.4, 0.5) is 11.6 Å². The number of carbonyl (C=O) groups is 1. The smallest absolute Gasteiger partial charge is 0.260 e. The molecule has 0 spiro atoms. The molecular weight excluding hydrogens is 466 g/mol. The largest absolute Gasteiger partial charge is 0.484 e. The standard InChI is InChI=1S/C28H27N7O2/c1-19-6-7-26-22(9-19)14-30-28(33-26)32-24-10-21(23-15-31-35(3)17-23)11-25(12-24)37-18-27(36)34(2)16-20-5-4-8-29-13-20/h4-15,17H,16,18H2,1-3H3,(H,30,32,33). The predicted molar refractivity (Wildman–Crippen MR) is 142 cm³/mol. The number of benzene rings is 2. The lowest BCUT2D eigenvalue weighted by atomic mass is 10.1. The van der Waals surface area contributed by atoms with Gasteiger partial charge in [0, 0.05) is 68.1 Å². The van der Waals surface area contributed by atoms with Gasteiger partial charge in [0.25, 0.3) is 5.91 Å². The van der Waals surface area contributed by atoms with Crippen LogP contribution >= 0.6 is 0 Å². The molecule has 5 aromatic rings. The summed E-state index contributed by atoms with van der Waals surface area (Å²) in [5.41, 5.74) is 5.51. The first-order valence-electron chi connectivity index (χ1n) is 11.8. The Labute approximate surface area is 214 Å². The number of anilines is 2. The topological polar surface area (TPSA) is 98.1 Å². The molecule has 3 aromatic heterocycles. The van der Waals surface area contributed by atoms with Gasteiger partial charge in [-0.15, -0.1) is 0 Å². The number of aryl methyl sites for hydroxylation is 2. The highest BCUT2D eigenvalue weighted by Crippen LogP contribution is 2.30. The van der Waals surface area contributed by atoms with Crippen molar-refractivity contribution >= 4 is 28.4 Å². The van der Waals surface area contributed by atoms with E-state index in [-0.39, 0.29) is 12.5 Å². The molecule has 2 aromatic carbocycles. The Kier molecular flexibility index (Phi) is 6.76. The highest BCUT2D eigenvalue weighted by atomic mass is 16.5. The van der Waals surface area contributed by atoms with E-state index in [1.54, 1.807) is 41.4 Å². The first-order valence-corrected chi connectivity index (χ1v) is 11.8. The van der Waals surface area contributed by atoms with Gasteiger partial charge in [-0.1, -0.05) is 17.7 Å². The summed E-state index contributed by atoms with van der Waals surface area (Å²) in [6.45, 7) is 2.40. The Morgan fingerprint density at radius 2 is 1.97 bits per heavy atom. The van der Waals surface area contributed by atoms with Crippen molar-refractivity contribution in [2.24, 2.45) is 7.05 Å². The number of rotatable bonds is 8. The molecule has 1 amide bonds. The van der Waals surface area contributed by atoms with E-state index >= 15 is 0 Å². The van der Waals surface area contributed by atoms with Gasteiger partial charge in [0.15, 0.2) is 6.61 Å². The summed E-state index contributed by atoms with van der Waals surface area (Å²) >= 11 is 0. The number of carbonyl (C=O) groups excluding carboxylic acids is 1. The highest BCUT2D eigenvalue weighted by Gasteiger charge is 2.13. The number of fused-ring (bicyclic) bond motifs is 1. The third-order valence-electron chi connectivity index (χ3n) is 5.87. The average molecular weight is 494 g/mol. The molecule has 1 N–H and O–H groups in total. The lowest BCUT2D eigenvalue weighted by molar-refractivity contribution is -0.132. The first kappa shape index (κ1) is 23.9. The van der Waals surface area contributed by atoms with Gasteiger partial charge in [0.2, 0.25) is 5.95 Å². The van der Waals surface area contributed by atoms with E-state index in [1.165, 1.54) is 0 Å². The van der Waals surface area contributed by atoms with E-state index in [9.17, 15) is 4.79 Å². The maximum Gasteiger partial charge on any atom is 0.260 e. The second-order valence-corrected chi connectivity index (χ2v) is 8.93. The molecule has 186 valence electrons. The minimum absolute atomic E-state index is 0.0987. The number of pyridine rings is 1. The Hall–Kier alpha value is -4.79. The zero-order valence-electron chi connectivity index (χ0n) is 20.9. The molecule has 0 aliphatic heterocycles.